The molecule has 4 rings (SSSR count). The normalized spacial score (nSPS) is 28.8. The maximum Gasteiger partial charge on any atom is 0.122 e. The number of nitrogens with zero attached hydrogens (tertiary/aromatic N) is 1. The minimum absolute atomic E-state index is 0.241. The smallest absolute Gasteiger partial charge is 0.122 e. The molecule has 1 spiro atoms. The Morgan fingerprint density at radius 2 is 2.00 bits per heavy atom. The van der Waals surface area contributed by atoms with Crippen LogP contribution in [0.2, 0.25) is 0 Å². The van der Waals surface area contributed by atoms with Crippen LogP contribution in [0.5, 0.6) is 5.75 Å². The summed E-state index contributed by atoms with van der Waals surface area (Å²) in [4.78, 5) is 0. The highest BCUT2D eigenvalue weighted by molar-refractivity contribution is 5.50. The third-order valence-electron chi connectivity index (χ3n) is 6.08. The highest BCUT2D eigenvalue weighted by Crippen LogP contribution is 2.49. The van der Waals surface area contributed by atoms with E-state index in [1.165, 1.54) is 0 Å². The SMILES string of the molecule is COc1ccc(Cc2cc3c(cc2C#N)CO[C@]32CC(C)CC(O)[C@H]2O)cc1. The van der Waals surface area contributed by atoms with Crippen LogP contribution in [0.4, 0.5) is 0 Å². The molecule has 1 heterocycles. The van der Waals surface area contributed by atoms with E-state index in [2.05, 4.69) is 13.0 Å². The molecule has 0 amide bonds. The van der Waals surface area contributed by atoms with E-state index in [0.717, 1.165) is 28.0 Å². The van der Waals surface area contributed by atoms with E-state index in [1.54, 1.807) is 7.11 Å². The van der Waals surface area contributed by atoms with E-state index in [9.17, 15) is 15.5 Å². The van der Waals surface area contributed by atoms with Crippen LogP contribution < -0.4 is 4.74 Å². The summed E-state index contributed by atoms with van der Waals surface area (Å²) in [5, 5.41) is 30.8. The predicted molar refractivity (Wildman–Crippen MR) is 104 cm³/mol. The van der Waals surface area contributed by atoms with E-state index in [0.29, 0.717) is 31.4 Å². The number of benzene rings is 2. The monoisotopic (exact) mass is 379 g/mol. The molecule has 2 aliphatic rings. The van der Waals surface area contributed by atoms with Crippen molar-refractivity contribution in [3.8, 4) is 11.8 Å². The molecule has 28 heavy (non-hydrogen) atoms. The Hall–Kier alpha value is -2.39. The molecule has 1 aliphatic carbocycles. The van der Waals surface area contributed by atoms with Gasteiger partial charge < -0.3 is 19.7 Å². The van der Waals surface area contributed by atoms with Crippen molar-refractivity contribution >= 4 is 0 Å². The van der Waals surface area contributed by atoms with Gasteiger partial charge in [0.1, 0.15) is 17.5 Å². The summed E-state index contributed by atoms with van der Waals surface area (Å²) >= 11 is 0. The van der Waals surface area contributed by atoms with Crippen molar-refractivity contribution in [1.82, 2.24) is 0 Å². The molecule has 2 aromatic carbocycles. The van der Waals surface area contributed by atoms with Crippen molar-refractivity contribution in [3.05, 3.63) is 64.2 Å². The Labute approximate surface area is 165 Å². The number of methoxy groups -OCH3 is 1. The third kappa shape index (κ3) is 3.08. The average Bonchev–Trinajstić information content (AvgIpc) is 3.04. The van der Waals surface area contributed by atoms with Gasteiger partial charge in [-0.2, -0.15) is 5.26 Å². The standard InChI is InChI=1S/C23H25NO4/c1-14-7-21(25)22(26)23(11-14)20-10-16(17(12-24)9-18(20)13-28-23)8-15-3-5-19(27-2)6-4-15/h3-6,9-10,14,21-22,25-26H,7-8,11,13H2,1-2H3/t14?,21?,22-,23-/m1/s1. The number of aliphatic hydroxyl groups excluding tert-OH is 2. The molecular weight excluding hydrogens is 354 g/mol. The van der Waals surface area contributed by atoms with E-state index >= 15 is 0 Å². The molecule has 1 saturated carbocycles. The van der Waals surface area contributed by atoms with Crippen LogP contribution in [-0.2, 0) is 23.4 Å². The Balaban J connectivity index is 1.74. The van der Waals surface area contributed by atoms with Gasteiger partial charge in [0.2, 0.25) is 0 Å². The molecule has 1 aliphatic heterocycles. The summed E-state index contributed by atoms with van der Waals surface area (Å²) in [7, 11) is 1.63. The number of rotatable bonds is 3. The van der Waals surface area contributed by atoms with Crippen LogP contribution in [0.25, 0.3) is 0 Å². The van der Waals surface area contributed by atoms with Crippen LogP contribution in [0, 0.1) is 17.2 Å². The van der Waals surface area contributed by atoms with E-state index in [1.807, 2.05) is 36.4 Å². The fraction of sp³-hybridized carbons (Fsp3) is 0.435. The second-order valence-electron chi connectivity index (χ2n) is 8.04. The molecule has 0 radical (unpaired) electrons. The molecule has 0 bridgehead atoms. The van der Waals surface area contributed by atoms with Crippen molar-refractivity contribution in [2.75, 3.05) is 7.11 Å². The molecule has 0 saturated heterocycles. The number of hydrogen-bond donors (Lipinski definition) is 2. The number of ether oxygens (including phenoxy) is 2. The Kier molecular flexibility index (Phi) is 4.88. The number of hydrogen-bond acceptors (Lipinski definition) is 5. The van der Waals surface area contributed by atoms with Crippen LogP contribution in [-0.4, -0.2) is 29.5 Å². The van der Waals surface area contributed by atoms with E-state index in [-0.39, 0.29) is 5.92 Å². The summed E-state index contributed by atoms with van der Waals surface area (Å²) < 4.78 is 11.3. The highest BCUT2D eigenvalue weighted by atomic mass is 16.5. The highest BCUT2D eigenvalue weighted by Gasteiger charge is 2.52. The van der Waals surface area contributed by atoms with Crippen molar-refractivity contribution < 1.29 is 19.7 Å². The number of nitriles is 1. The van der Waals surface area contributed by atoms with Crippen LogP contribution >= 0.6 is 0 Å². The molecule has 2 aromatic rings. The first-order valence-electron chi connectivity index (χ1n) is 9.66. The maximum atomic E-state index is 10.8. The molecule has 146 valence electrons. The zero-order chi connectivity index (χ0) is 19.9. The molecule has 4 atom stereocenters. The number of fused-ring (bicyclic) bond motifs is 2. The Bertz CT molecular complexity index is 917. The predicted octanol–water partition coefficient (Wildman–Crippen LogP) is 3.03. The largest absolute Gasteiger partial charge is 0.497 e. The topological polar surface area (TPSA) is 82.7 Å². The fourth-order valence-corrected chi connectivity index (χ4v) is 4.69. The summed E-state index contributed by atoms with van der Waals surface area (Å²) in [5.74, 6) is 1.03. The summed E-state index contributed by atoms with van der Waals surface area (Å²) in [6, 6.07) is 14.0. The van der Waals surface area contributed by atoms with Gasteiger partial charge in [-0.25, -0.2) is 0 Å². The minimum atomic E-state index is -0.966. The lowest BCUT2D eigenvalue weighted by Gasteiger charge is -2.43. The van der Waals surface area contributed by atoms with Gasteiger partial charge in [0.05, 0.1) is 31.5 Å². The Morgan fingerprint density at radius 3 is 2.68 bits per heavy atom. The van der Waals surface area contributed by atoms with E-state index < -0.39 is 17.8 Å². The van der Waals surface area contributed by atoms with Gasteiger partial charge in [-0.05, 0) is 65.6 Å². The van der Waals surface area contributed by atoms with Gasteiger partial charge in [-0.15, -0.1) is 0 Å². The number of aliphatic hydroxyl groups is 2. The summed E-state index contributed by atoms with van der Waals surface area (Å²) in [6.07, 6.45) is 0.0507. The molecule has 2 unspecified atom stereocenters. The van der Waals surface area contributed by atoms with Crippen molar-refractivity contribution in [3.63, 3.8) is 0 Å². The van der Waals surface area contributed by atoms with Crippen LogP contribution in [0.1, 0.15) is 47.6 Å². The first-order valence-corrected chi connectivity index (χ1v) is 9.66. The molecule has 0 aromatic heterocycles. The first-order chi connectivity index (χ1) is 13.5. The van der Waals surface area contributed by atoms with Crippen molar-refractivity contribution in [1.29, 1.82) is 5.26 Å². The maximum absolute atomic E-state index is 10.8. The molecular formula is C23H25NO4. The van der Waals surface area contributed by atoms with E-state index in [4.69, 9.17) is 9.47 Å². The third-order valence-corrected chi connectivity index (χ3v) is 6.08. The summed E-state index contributed by atoms with van der Waals surface area (Å²) in [5.41, 5.74) is 3.53. The Morgan fingerprint density at radius 1 is 1.25 bits per heavy atom. The first kappa shape index (κ1) is 18.9. The molecule has 5 nitrogen and oxygen atoms in total. The lowest BCUT2D eigenvalue weighted by Crippen LogP contribution is -2.52. The van der Waals surface area contributed by atoms with Crippen molar-refractivity contribution in [2.45, 2.75) is 50.6 Å². The van der Waals surface area contributed by atoms with Crippen molar-refractivity contribution in [2.24, 2.45) is 5.92 Å². The van der Waals surface area contributed by atoms with Crippen LogP contribution in [0.3, 0.4) is 0 Å². The average molecular weight is 379 g/mol. The van der Waals surface area contributed by atoms with Gasteiger partial charge in [0.25, 0.3) is 0 Å². The van der Waals surface area contributed by atoms with Gasteiger partial charge in [0.15, 0.2) is 0 Å². The van der Waals surface area contributed by atoms with Gasteiger partial charge in [-0.1, -0.05) is 25.1 Å². The summed E-state index contributed by atoms with van der Waals surface area (Å²) in [6.45, 7) is 2.42. The lowest BCUT2D eigenvalue weighted by molar-refractivity contribution is -0.190. The quantitative estimate of drug-likeness (QED) is 0.857. The zero-order valence-corrected chi connectivity index (χ0v) is 16.2. The molecule has 5 heteroatoms. The second kappa shape index (κ2) is 7.21. The van der Waals surface area contributed by atoms with Gasteiger partial charge >= 0.3 is 0 Å². The molecule has 2 N–H and O–H groups in total. The van der Waals surface area contributed by atoms with Gasteiger partial charge in [0, 0.05) is 0 Å². The fourth-order valence-electron chi connectivity index (χ4n) is 4.69. The minimum Gasteiger partial charge on any atom is -0.497 e. The second-order valence-corrected chi connectivity index (χ2v) is 8.04. The van der Waals surface area contributed by atoms with Crippen LogP contribution in [0.15, 0.2) is 36.4 Å². The van der Waals surface area contributed by atoms with Gasteiger partial charge in [-0.3, -0.25) is 0 Å². The zero-order valence-electron chi connectivity index (χ0n) is 16.2. The molecule has 1 fully saturated rings. The lowest BCUT2D eigenvalue weighted by atomic mass is 9.71.